The number of fused-ring (bicyclic) bond motifs is 1. The van der Waals surface area contributed by atoms with Crippen LogP contribution in [0.4, 0.5) is 15.8 Å². The Balaban J connectivity index is 1.80. The number of amides is 1. The normalized spacial score (nSPS) is 13.8. The van der Waals surface area contributed by atoms with Crippen LogP contribution in [-0.4, -0.2) is 17.1 Å². The van der Waals surface area contributed by atoms with E-state index >= 15 is 0 Å². The topological polar surface area (TPSA) is 55.6 Å². The molecule has 2 aromatic carbocycles. The lowest BCUT2D eigenvalue weighted by atomic mass is 10.1. The van der Waals surface area contributed by atoms with E-state index in [0.717, 1.165) is 35.4 Å². The number of unbranched alkanes of at least 4 members (excludes halogenated alkanes) is 1. The molecule has 144 valence electrons. The molecular weight excluding hydrogens is 377 g/mol. The van der Waals surface area contributed by atoms with Crippen LogP contribution in [0.2, 0.25) is 0 Å². The van der Waals surface area contributed by atoms with E-state index in [1.807, 2.05) is 23.6 Å². The lowest BCUT2D eigenvalue weighted by Gasteiger charge is -2.19. The van der Waals surface area contributed by atoms with Crippen LogP contribution < -0.4 is 14.9 Å². The minimum atomic E-state index is -0.340. The number of aromatic nitrogens is 1. The molecule has 1 amide bonds. The first-order valence-corrected chi connectivity index (χ1v) is 10.1. The summed E-state index contributed by atoms with van der Waals surface area (Å²) in [6.07, 6.45) is 2.02. The van der Waals surface area contributed by atoms with Gasteiger partial charge in [0.15, 0.2) is 11.4 Å². The molecule has 3 aromatic rings. The number of rotatable bonds is 5. The van der Waals surface area contributed by atoms with E-state index in [1.54, 1.807) is 18.2 Å². The number of nitrogens with one attached hydrogen (secondary N) is 1. The number of benzene rings is 2. The van der Waals surface area contributed by atoms with Crippen molar-refractivity contribution in [3.63, 3.8) is 0 Å². The van der Waals surface area contributed by atoms with Gasteiger partial charge in [-0.05, 0) is 36.8 Å². The lowest BCUT2D eigenvalue weighted by molar-refractivity contribution is -0.118. The summed E-state index contributed by atoms with van der Waals surface area (Å²) in [4.78, 5) is 16.9. The van der Waals surface area contributed by atoms with Crippen LogP contribution in [0, 0.1) is 5.82 Å². The highest BCUT2D eigenvalue weighted by Gasteiger charge is 2.17. The molecule has 1 aliphatic heterocycles. The first-order chi connectivity index (χ1) is 13.7. The summed E-state index contributed by atoms with van der Waals surface area (Å²) in [5, 5.41) is 4.86. The molecular formula is C21H20FN3O2S. The highest BCUT2D eigenvalue weighted by atomic mass is 32.1. The molecule has 0 fully saturated rings. The number of anilines is 1. The van der Waals surface area contributed by atoms with Gasteiger partial charge in [-0.2, -0.15) is 0 Å². The van der Waals surface area contributed by atoms with Crippen molar-refractivity contribution >= 4 is 28.6 Å². The second-order valence-electron chi connectivity index (χ2n) is 6.52. The lowest BCUT2D eigenvalue weighted by Crippen LogP contribution is -2.25. The van der Waals surface area contributed by atoms with Crippen molar-refractivity contribution in [1.29, 1.82) is 0 Å². The molecule has 1 aromatic heterocycles. The van der Waals surface area contributed by atoms with Crippen LogP contribution in [0.25, 0.3) is 11.3 Å². The monoisotopic (exact) mass is 397 g/mol. The van der Waals surface area contributed by atoms with Crippen LogP contribution >= 0.6 is 11.3 Å². The smallest absolute Gasteiger partial charge is 0.262 e. The zero-order chi connectivity index (χ0) is 19.5. The maximum Gasteiger partial charge on any atom is 0.262 e. The molecule has 5 nitrogen and oxygen atoms in total. The average Bonchev–Trinajstić information content (AvgIpc) is 3.10. The second kappa shape index (κ2) is 7.98. The second-order valence-corrected chi connectivity index (χ2v) is 7.36. The van der Waals surface area contributed by atoms with Crippen LogP contribution in [0.5, 0.6) is 5.75 Å². The Morgan fingerprint density at radius 2 is 2.14 bits per heavy atom. The number of ether oxygens (including phenoxy) is 1. The molecule has 2 heterocycles. The van der Waals surface area contributed by atoms with Crippen molar-refractivity contribution in [2.75, 3.05) is 11.9 Å². The van der Waals surface area contributed by atoms with Gasteiger partial charge in [0.2, 0.25) is 0 Å². The predicted octanol–water partition coefficient (Wildman–Crippen LogP) is 4.72. The fourth-order valence-corrected chi connectivity index (χ4v) is 4.02. The molecule has 28 heavy (non-hydrogen) atoms. The number of thiazole rings is 1. The Labute approximate surface area is 166 Å². The third-order valence-electron chi connectivity index (χ3n) is 4.51. The number of carbonyl (C=O) groups is 1. The molecule has 0 unspecified atom stereocenters. The van der Waals surface area contributed by atoms with Gasteiger partial charge in [0.25, 0.3) is 5.91 Å². The third-order valence-corrected chi connectivity index (χ3v) is 5.37. The quantitative estimate of drug-likeness (QED) is 0.677. The van der Waals surface area contributed by atoms with Crippen molar-refractivity contribution in [1.82, 2.24) is 4.57 Å². The SMILES string of the molecule is CCCCn1c(-c2ccc3c(c2)NC(=O)CO3)csc1=Nc1ccccc1F. The molecule has 0 spiro atoms. The minimum Gasteiger partial charge on any atom is -0.482 e. The third kappa shape index (κ3) is 3.71. The summed E-state index contributed by atoms with van der Waals surface area (Å²) in [7, 11) is 0. The Kier molecular flexibility index (Phi) is 5.25. The summed E-state index contributed by atoms with van der Waals surface area (Å²) >= 11 is 1.47. The van der Waals surface area contributed by atoms with Crippen LogP contribution in [-0.2, 0) is 11.3 Å². The summed E-state index contributed by atoms with van der Waals surface area (Å²) < 4.78 is 21.6. The standard InChI is InChI=1S/C21H20FN3O2S/c1-2-3-10-25-18(13-28-21(25)24-16-7-5-4-6-15(16)22)14-8-9-19-17(11-14)23-20(26)12-27-19/h4-9,11,13H,2-3,10,12H2,1H3,(H,23,26). The largest absolute Gasteiger partial charge is 0.482 e. The fraction of sp³-hybridized carbons (Fsp3) is 0.238. The van der Waals surface area contributed by atoms with Gasteiger partial charge in [-0.15, -0.1) is 11.3 Å². The highest BCUT2D eigenvalue weighted by molar-refractivity contribution is 7.07. The first-order valence-electron chi connectivity index (χ1n) is 9.20. The summed E-state index contributed by atoms with van der Waals surface area (Å²) in [5.41, 5.74) is 2.92. The number of hydrogen-bond acceptors (Lipinski definition) is 4. The molecule has 0 bridgehead atoms. The Morgan fingerprint density at radius 1 is 1.29 bits per heavy atom. The summed E-state index contributed by atoms with van der Waals surface area (Å²) in [6.45, 7) is 2.95. The summed E-state index contributed by atoms with van der Waals surface area (Å²) in [6, 6.07) is 12.2. The van der Waals surface area contributed by atoms with Gasteiger partial charge in [0.05, 0.1) is 11.4 Å². The maximum absolute atomic E-state index is 14.1. The van der Waals surface area contributed by atoms with Crippen molar-refractivity contribution in [2.45, 2.75) is 26.3 Å². The van der Waals surface area contributed by atoms with E-state index in [1.165, 1.54) is 17.4 Å². The van der Waals surface area contributed by atoms with Crippen LogP contribution in [0.15, 0.2) is 52.8 Å². The molecule has 4 rings (SSSR count). The zero-order valence-electron chi connectivity index (χ0n) is 15.4. The Hall–Kier alpha value is -2.93. The molecule has 0 atom stereocenters. The minimum absolute atomic E-state index is 0.0347. The van der Waals surface area contributed by atoms with Crippen molar-refractivity contribution in [2.24, 2.45) is 4.99 Å². The van der Waals surface area contributed by atoms with Crippen molar-refractivity contribution in [3.8, 4) is 17.0 Å². The van der Waals surface area contributed by atoms with Crippen LogP contribution in [0.3, 0.4) is 0 Å². The average molecular weight is 397 g/mol. The van der Waals surface area contributed by atoms with Crippen molar-refractivity contribution in [3.05, 3.63) is 58.5 Å². The molecule has 0 aliphatic carbocycles. The van der Waals surface area contributed by atoms with Gasteiger partial charge in [-0.25, -0.2) is 9.38 Å². The van der Waals surface area contributed by atoms with E-state index in [9.17, 15) is 9.18 Å². The number of para-hydroxylation sites is 1. The molecule has 1 N–H and O–H groups in total. The molecule has 0 saturated carbocycles. The molecule has 1 aliphatic rings. The first kappa shape index (κ1) is 18.4. The maximum atomic E-state index is 14.1. The van der Waals surface area contributed by atoms with Gasteiger partial charge < -0.3 is 14.6 Å². The summed E-state index contributed by atoms with van der Waals surface area (Å²) in [5.74, 6) is 0.159. The molecule has 0 saturated heterocycles. The number of halogens is 1. The fourth-order valence-electron chi connectivity index (χ4n) is 3.07. The number of carbonyl (C=O) groups excluding carboxylic acids is 1. The van der Waals surface area contributed by atoms with E-state index in [-0.39, 0.29) is 18.3 Å². The van der Waals surface area contributed by atoms with Gasteiger partial charge in [0.1, 0.15) is 17.3 Å². The van der Waals surface area contributed by atoms with Gasteiger partial charge in [-0.1, -0.05) is 25.5 Å². The van der Waals surface area contributed by atoms with Crippen LogP contribution in [0.1, 0.15) is 19.8 Å². The van der Waals surface area contributed by atoms with E-state index < -0.39 is 0 Å². The molecule has 0 radical (unpaired) electrons. The highest BCUT2D eigenvalue weighted by Crippen LogP contribution is 2.33. The molecule has 7 heteroatoms. The Morgan fingerprint density at radius 3 is 2.96 bits per heavy atom. The van der Waals surface area contributed by atoms with Gasteiger partial charge >= 0.3 is 0 Å². The van der Waals surface area contributed by atoms with E-state index in [4.69, 9.17) is 4.74 Å². The van der Waals surface area contributed by atoms with E-state index in [0.29, 0.717) is 17.1 Å². The number of hydrogen-bond donors (Lipinski definition) is 1. The van der Waals surface area contributed by atoms with E-state index in [2.05, 4.69) is 21.8 Å². The Bertz CT molecular complexity index is 1090. The predicted molar refractivity (Wildman–Crippen MR) is 108 cm³/mol. The van der Waals surface area contributed by atoms with Gasteiger partial charge in [-0.3, -0.25) is 4.79 Å². The van der Waals surface area contributed by atoms with Crippen molar-refractivity contribution < 1.29 is 13.9 Å². The zero-order valence-corrected chi connectivity index (χ0v) is 16.3. The van der Waals surface area contributed by atoms with Gasteiger partial charge in [0, 0.05) is 17.5 Å². The number of nitrogens with zero attached hydrogens (tertiary/aromatic N) is 2.